The zero-order chi connectivity index (χ0) is 23.3. The molecule has 0 atom stereocenters. The minimum atomic E-state index is 0.357. The van der Waals surface area contributed by atoms with Gasteiger partial charge in [-0.15, -0.1) is 0 Å². The Balaban J connectivity index is 1.48. The molecule has 0 unspecified atom stereocenters. The van der Waals surface area contributed by atoms with Gasteiger partial charge < -0.3 is 5.32 Å². The van der Waals surface area contributed by atoms with E-state index in [9.17, 15) is 0 Å². The Kier molecular flexibility index (Phi) is 6.42. The molecule has 0 saturated carbocycles. The minimum absolute atomic E-state index is 0.357. The number of hydrogen-bond donors (Lipinski definition) is 1. The molecular weight excluding hydrogens is 436 g/mol. The van der Waals surface area contributed by atoms with Crippen LogP contribution in [0.5, 0.6) is 0 Å². The lowest BCUT2D eigenvalue weighted by Crippen LogP contribution is -2.18. The SMILES string of the molecule is CC1=C(c2cccc(-c3ccccc3)c2)N=C(Cl)N/C(c2cccc(-c3ccccc3)c2)=C/C1. The van der Waals surface area contributed by atoms with Crippen LogP contribution in [0.2, 0.25) is 0 Å². The van der Waals surface area contributed by atoms with E-state index in [4.69, 9.17) is 16.6 Å². The van der Waals surface area contributed by atoms with Crippen LogP contribution in [-0.2, 0) is 0 Å². The van der Waals surface area contributed by atoms with E-state index >= 15 is 0 Å². The molecule has 0 radical (unpaired) electrons. The van der Waals surface area contributed by atoms with E-state index < -0.39 is 0 Å². The average Bonchev–Trinajstić information content (AvgIpc) is 2.90. The zero-order valence-corrected chi connectivity index (χ0v) is 19.8. The third-order valence-electron chi connectivity index (χ3n) is 5.99. The topological polar surface area (TPSA) is 24.4 Å². The summed E-state index contributed by atoms with van der Waals surface area (Å²) in [6.07, 6.45) is 2.97. The maximum atomic E-state index is 6.63. The summed E-state index contributed by atoms with van der Waals surface area (Å²) in [4.78, 5) is 4.79. The largest absolute Gasteiger partial charge is 0.330 e. The van der Waals surface area contributed by atoms with Gasteiger partial charge >= 0.3 is 0 Å². The van der Waals surface area contributed by atoms with Crippen LogP contribution in [0.15, 0.2) is 126 Å². The first-order valence-electron chi connectivity index (χ1n) is 11.4. The molecule has 34 heavy (non-hydrogen) atoms. The number of nitrogens with zero attached hydrogens (tertiary/aromatic N) is 1. The number of nitrogens with one attached hydrogen (secondary N) is 1. The number of hydrogen-bond acceptors (Lipinski definition) is 2. The number of halogens is 1. The smallest absolute Gasteiger partial charge is 0.200 e. The summed E-state index contributed by atoms with van der Waals surface area (Å²) in [6.45, 7) is 2.12. The van der Waals surface area contributed by atoms with Crippen LogP contribution in [0.25, 0.3) is 33.6 Å². The van der Waals surface area contributed by atoms with Gasteiger partial charge in [-0.2, -0.15) is 0 Å². The quantitative estimate of drug-likeness (QED) is 0.304. The fourth-order valence-electron chi connectivity index (χ4n) is 4.21. The van der Waals surface area contributed by atoms with Crippen LogP contribution in [0.1, 0.15) is 24.5 Å². The monoisotopic (exact) mass is 460 g/mol. The van der Waals surface area contributed by atoms with Crippen molar-refractivity contribution >= 4 is 28.3 Å². The molecule has 0 aliphatic carbocycles. The highest BCUT2D eigenvalue weighted by atomic mass is 35.5. The van der Waals surface area contributed by atoms with E-state index in [0.717, 1.165) is 34.5 Å². The van der Waals surface area contributed by atoms with Gasteiger partial charge in [0.05, 0.1) is 5.70 Å². The van der Waals surface area contributed by atoms with Crippen molar-refractivity contribution in [3.05, 3.63) is 132 Å². The molecule has 0 saturated heterocycles. The summed E-state index contributed by atoms with van der Waals surface area (Å²) in [6, 6.07) is 37.7. The van der Waals surface area contributed by atoms with Gasteiger partial charge in [0.15, 0.2) is 0 Å². The molecule has 2 nitrogen and oxygen atoms in total. The summed E-state index contributed by atoms with van der Waals surface area (Å²) in [5, 5.41) is 3.68. The highest BCUT2D eigenvalue weighted by Gasteiger charge is 2.13. The second kappa shape index (κ2) is 9.94. The van der Waals surface area contributed by atoms with Crippen molar-refractivity contribution in [2.45, 2.75) is 13.3 Å². The van der Waals surface area contributed by atoms with E-state index in [1.807, 2.05) is 12.1 Å². The van der Waals surface area contributed by atoms with Crippen LogP contribution >= 0.6 is 11.6 Å². The highest BCUT2D eigenvalue weighted by Crippen LogP contribution is 2.30. The maximum absolute atomic E-state index is 6.63. The van der Waals surface area contributed by atoms with E-state index in [-0.39, 0.29) is 0 Å². The van der Waals surface area contributed by atoms with Gasteiger partial charge in [0, 0.05) is 11.3 Å². The number of allylic oxidation sites excluding steroid dienone is 2. The van der Waals surface area contributed by atoms with E-state index in [0.29, 0.717) is 5.29 Å². The van der Waals surface area contributed by atoms with Crippen molar-refractivity contribution in [1.29, 1.82) is 0 Å². The Morgan fingerprint density at radius 3 is 1.74 bits per heavy atom. The molecule has 1 aliphatic heterocycles. The highest BCUT2D eigenvalue weighted by molar-refractivity contribution is 6.65. The minimum Gasteiger partial charge on any atom is -0.330 e. The molecule has 166 valence electrons. The van der Waals surface area contributed by atoms with Gasteiger partial charge in [-0.25, -0.2) is 4.99 Å². The molecule has 0 bridgehead atoms. The third kappa shape index (κ3) is 4.88. The first-order valence-corrected chi connectivity index (χ1v) is 11.8. The van der Waals surface area contributed by atoms with Crippen LogP contribution in [0, 0.1) is 0 Å². The lowest BCUT2D eigenvalue weighted by Gasteiger charge is -2.17. The average molecular weight is 461 g/mol. The molecule has 0 aromatic heterocycles. The van der Waals surface area contributed by atoms with Gasteiger partial charge in [-0.3, -0.25) is 0 Å². The van der Waals surface area contributed by atoms with Crippen LogP contribution in [-0.4, -0.2) is 5.29 Å². The van der Waals surface area contributed by atoms with E-state index in [2.05, 4.69) is 115 Å². The maximum Gasteiger partial charge on any atom is 0.200 e. The number of rotatable bonds is 4. The summed E-state index contributed by atoms with van der Waals surface area (Å²) in [7, 11) is 0. The summed E-state index contributed by atoms with van der Waals surface area (Å²) < 4.78 is 0. The van der Waals surface area contributed by atoms with Crippen molar-refractivity contribution < 1.29 is 0 Å². The lowest BCUT2D eigenvalue weighted by molar-refractivity contribution is 1.15. The molecule has 0 amide bonds. The Morgan fingerprint density at radius 2 is 1.12 bits per heavy atom. The first kappa shape index (κ1) is 21.9. The molecule has 0 spiro atoms. The Bertz CT molecular complexity index is 1400. The summed E-state index contributed by atoms with van der Waals surface area (Å²) in [5.41, 5.74) is 9.87. The Labute approximate surface area is 206 Å². The third-order valence-corrected chi connectivity index (χ3v) is 6.17. The van der Waals surface area contributed by atoms with Crippen LogP contribution in [0.3, 0.4) is 0 Å². The molecule has 1 N–H and O–H groups in total. The normalized spacial score (nSPS) is 15.5. The van der Waals surface area contributed by atoms with Crippen molar-refractivity contribution in [3.8, 4) is 22.3 Å². The van der Waals surface area contributed by atoms with Gasteiger partial charge in [0.1, 0.15) is 0 Å². The molecule has 1 aliphatic rings. The first-order chi connectivity index (χ1) is 16.7. The van der Waals surface area contributed by atoms with Gasteiger partial charge in [-0.1, -0.05) is 103 Å². The molecule has 4 aromatic rings. The number of benzene rings is 4. The summed E-state index contributed by atoms with van der Waals surface area (Å²) in [5.74, 6) is 0. The fourth-order valence-corrected chi connectivity index (χ4v) is 4.40. The zero-order valence-electron chi connectivity index (χ0n) is 19.0. The fraction of sp³-hybridized carbons (Fsp3) is 0.0645. The summed E-state index contributed by atoms with van der Waals surface area (Å²) >= 11 is 6.63. The van der Waals surface area contributed by atoms with Crippen molar-refractivity contribution in [1.82, 2.24) is 5.32 Å². The standard InChI is InChI=1S/C31H25ClN2/c1-22-18-19-29(27-16-8-14-25(20-27)23-10-4-2-5-11-23)33-31(32)34-30(22)28-17-9-15-26(21-28)24-12-6-3-7-13-24/h2-17,19-21H,18H2,1H3,(H,33,34)/b29-19+,30-22?. The molecule has 0 fully saturated rings. The number of aliphatic imine (C=N–C) groups is 1. The predicted octanol–water partition coefficient (Wildman–Crippen LogP) is 8.38. The van der Waals surface area contributed by atoms with Gasteiger partial charge in [-0.05, 0) is 70.5 Å². The van der Waals surface area contributed by atoms with Crippen molar-refractivity contribution in [2.75, 3.05) is 0 Å². The predicted molar refractivity (Wildman–Crippen MR) is 145 cm³/mol. The van der Waals surface area contributed by atoms with Crippen LogP contribution in [0.4, 0.5) is 0 Å². The molecular formula is C31H25ClN2. The van der Waals surface area contributed by atoms with Gasteiger partial charge in [0.25, 0.3) is 0 Å². The van der Waals surface area contributed by atoms with Crippen LogP contribution < -0.4 is 5.32 Å². The molecule has 1 heterocycles. The second-order valence-corrected chi connectivity index (χ2v) is 8.73. The molecule has 4 aromatic carbocycles. The van der Waals surface area contributed by atoms with Crippen molar-refractivity contribution in [2.24, 2.45) is 4.99 Å². The van der Waals surface area contributed by atoms with Crippen molar-refractivity contribution in [3.63, 3.8) is 0 Å². The lowest BCUT2D eigenvalue weighted by atomic mass is 9.98. The Hall–Kier alpha value is -3.88. The second-order valence-electron chi connectivity index (χ2n) is 8.37. The number of amidine groups is 1. The molecule has 5 rings (SSSR count). The van der Waals surface area contributed by atoms with E-state index in [1.165, 1.54) is 22.3 Å². The molecule has 3 heteroatoms. The van der Waals surface area contributed by atoms with E-state index in [1.54, 1.807) is 0 Å². The Morgan fingerprint density at radius 1 is 0.618 bits per heavy atom. The van der Waals surface area contributed by atoms with Gasteiger partial charge in [0.2, 0.25) is 5.29 Å².